The van der Waals surface area contributed by atoms with Crippen LogP contribution in [0.5, 0.6) is 5.75 Å². The van der Waals surface area contributed by atoms with Crippen LogP contribution in [0.1, 0.15) is 58.3 Å². The summed E-state index contributed by atoms with van der Waals surface area (Å²) in [5.41, 5.74) is -0.796. The second-order valence-corrected chi connectivity index (χ2v) is 9.09. The van der Waals surface area contributed by atoms with Crippen molar-refractivity contribution in [1.82, 2.24) is 10.6 Å². The standard InChI is InChI=1S/C20H29N3O5S/c1-4-5-15(16-8-14(9-17(24)28-16)27-10-13-6-7-13)21-19(25)20(3)11-29-18(22-20)12(2)23-26/h8-9,13,15,18,22,26H,4-7,10-11H2,1-3H3,(H,21,25)/b23-12+/t15-,18?,20+/m1/s1. The third-order valence-electron chi connectivity index (χ3n) is 5.20. The molecule has 3 atom stereocenters. The molecule has 2 aliphatic rings. The Morgan fingerprint density at radius 1 is 1.52 bits per heavy atom. The van der Waals surface area contributed by atoms with Gasteiger partial charge in [-0.2, -0.15) is 0 Å². The fourth-order valence-electron chi connectivity index (χ4n) is 3.15. The first-order valence-corrected chi connectivity index (χ1v) is 11.1. The first-order chi connectivity index (χ1) is 13.8. The highest BCUT2D eigenvalue weighted by molar-refractivity contribution is 8.01. The van der Waals surface area contributed by atoms with Gasteiger partial charge in [0.2, 0.25) is 5.91 Å². The zero-order valence-corrected chi connectivity index (χ0v) is 17.9. The van der Waals surface area contributed by atoms with Crippen LogP contribution in [-0.2, 0) is 4.79 Å². The largest absolute Gasteiger partial charge is 0.493 e. The maximum absolute atomic E-state index is 13.0. The van der Waals surface area contributed by atoms with Crippen molar-refractivity contribution in [3.8, 4) is 5.75 Å². The fraction of sp³-hybridized carbons (Fsp3) is 0.650. The van der Waals surface area contributed by atoms with E-state index in [0.717, 1.165) is 19.3 Å². The maximum Gasteiger partial charge on any atom is 0.339 e. The molecule has 0 bridgehead atoms. The van der Waals surface area contributed by atoms with E-state index in [0.29, 0.717) is 41.9 Å². The van der Waals surface area contributed by atoms with E-state index in [-0.39, 0.29) is 11.3 Å². The number of rotatable bonds is 9. The number of amides is 1. The Balaban J connectivity index is 1.72. The van der Waals surface area contributed by atoms with Crippen molar-refractivity contribution in [2.45, 2.75) is 63.4 Å². The predicted octanol–water partition coefficient (Wildman–Crippen LogP) is 2.66. The van der Waals surface area contributed by atoms with Crippen LogP contribution in [0.25, 0.3) is 0 Å². The highest BCUT2D eigenvalue weighted by atomic mass is 32.2. The molecule has 2 heterocycles. The summed E-state index contributed by atoms with van der Waals surface area (Å²) >= 11 is 1.51. The SMILES string of the molecule is CCC[C@@H](NC(=O)[C@]1(C)CSC(/C(C)=N/O)N1)c1cc(OCC2CC2)cc(=O)o1. The molecule has 1 saturated carbocycles. The summed E-state index contributed by atoms with van der Waals surface area (Å²) < 4.78 is 11.1. The number of nitrogens with zero attached hydrogens (tertiary/aromatic N) is 1. The molecule has 1 aliphatic carbocycles. The molecular weight excluding hydrogens is 394 g/mol. The van der Waals surface area contributed by atoms with Gasteiger partial charge in [-0.05, 0) is 39.0 Å². The topological polar surface area (TPSA) is 113 Å². The minimum atomic E-state index is -0.826. The summed E-state index contributed by atoms with van der Waals surface area (Å²) in [6, 6.07) is 2.61. The van der Waals surface area contributed by atoms with Crippen LogP contribution in [0, 0.1) is 5.92 Å². The molecule has 1 aliphatic heterocycles. The number of oxime groups is 1. The van der Waals surface area contributed by atoms with Crippen molar-refractivity contribution in [3.05, 3.63) is 28.3 Å². The third kappa shape index (κ3) is 5.54. The molecule has 2 fully saturated rings. The van der Waals surface area contributed by atoms with Gasteiger partial charge in [-0.25, -0.2) is 4.79 Å². The van der Waals surface area contributed by atoms with Crippen LogP contribution < -0.4 is 21.0 Å². The minimum absolute atomic E-state index is 0.191. The number of carbonyl (C=O) groups excluding carboxylic acids is 1. The Morgan fingerprint density at radius 2 is 2.28 bits per heavy atom. The third-order valence-corrected chi connectivity index (χ3v) is 6.73. The number of nitrogens with one attached hydrogen (secondary N) is 2. The van der Waals surface area contributed by atoms with Crippen LogP contribution in [-0.4, -0.2) is 40.1 Å². The Kier molecular flexibility index (Phi) is 6.89. The van der Waals surface area contributed by atoms with Crippen molar-refractivity contribution in [3.63, 3.8) is 0 Å². The van der Waals surface area contributed by atoms with Crippen molar-refractivity contribution < 1.29 is 19.2 Å². The lowest BCUT2D eigenvalue weighted by Gasteiger charge is -2.27. The van der Waals surface area contributed by atoms with E-state index in [1.807, 2.05) is 13.8 Å². The Morgan fingerprint density at radius 3 is 2.93 bits per heavy atom. The molecule has 1 unspecified atom stereocenters. The lowest BCUT2D eigenvalue weighted by molar-refractivity contribution is -0.127. The van der Waals surface area contributed by atoms with Crippen molar-refractivity contribution in [2.24, 2.45) is 11.1 Å². The van der Waals surface area contributed by atoms with Crippen LogP contribution in [0.3, 0.4) is 0 Å². The maximum atomic E-state index is 13.0. The Labute approximate surface area is 174 Å². The highest BCUT2D eigenvalue weighted by Crippen LogP contribution is 2.31. The van der Waals surface area contributed by atoms with Crippen LogP contribution in [0.4, 0.5) is 0 Å². The molecule has 9 heteroatoms. The summed E-state index contributed by atoms with van der Waals surface area (Å²) in [6.07, 6.45) is 3.76. The van der Waals surface area contributed by atoms with Gasteiger partial charge in [0.25, 0.3) is 0 Å². The van der Waals surface area contributed by atoms with Gasteiger partial charge in [-0.3, -0.25) is 10.1 Å². The monoisotopic (exact) mass is 423 g/mol. The molecule has 0 radical (unpaired) electrons. The van der Waals surface area contributed by atoms with Gasteiger partial charge in [0.1, 0.15) is 17.0 Å². The molecule has 1 amide bonds. The van der Waals surface area contributed by atoms with E-state index in [9.17, 15) is 9.59 Å². The average Bonchev–Trinajstić information content (AvgIpc) is 3.44. The number of hydrogen-bond acceptors (Lipinski definition) is 8. The van der Waals surface area contributed by atoms with Gasteiger partial charge in [0.15, 0.2) is 0 Å². The highest BCUT2D eigenvalue weighted by Gasteiger charge is 2.43. The summed E-state index contributed by atoms with van der Waals surface area (Å²) in [6.45, 7) is 6.12. The van der Waals surface area contributed by atoms with Gasteiger partial charge in [-0.1, -0.05) is 18.5 Å². The predicted molar refractivity (Wildman–Crippen MR) is 112 cm³/mol. The first kappa shape index (κ1) is 21.7. The minimum Gasteiger partial charge on any atom is -0.493 e. The van der Waals surface area contributed by atoms with E-state index in [1.165, 1.54) is 17.8 Å². The zero-order chi connectivity index (χ0) is 21.0. The summed E-state index contributed by atoms with van der Waals surface area (Å²) in [4.78, 5) is 25.1. The van der Waals surface area contributed by atoms with Crippen LogP contribution >= 0.6 is 11.8 Å². The fourth-order valence-corrected chi connectivity index (χ4v) is 4.50. The number of ether oxygens (including phenoxy) is 1. The normalized spacial score (nSPS) is 25.6. The first-order valence-electron chi connectivity index (χ1n) is 10.0. The van der Waals surface area contributed by atoms with Gasteiger partial charge in [0.05, 0.1) is 29.8 Å². The zero-order valence-electron chi connectivity index (χ0n) is 17.1. The molecule has 3 rings (SSSR count). The van der Waals surface area contributed by atoms with E-state index < -0.39 is 17.2 Å². The van der Waals surface area contributed by atoms with Gasteiger partial charge < -0.3 is 19.7 Å². The molecule has 8 nitrogen and oxygen atoms in total. The summed E-state index contributed by atoms with van der Waals surface area (Å²) in [7, 11) is 0. The van der Waals surface area contributed by atoms with E-state index in [4.69, 9.17) is 14.4 Å². The molecule has 160 valence electrons. The second kappa shape index (κ2) is 9.21. The Bertz CT molecular complexity index is 823. The summed E-state index contributed by atoms with van der Waals surface area (Å²) in [5, 5.41) is 18.2. The molecule has 3 N–H and O–H groups in total. The molecule has 1 aromatic rings. The second-order valence-electron chi connectivity index (χ2n) is 7.99. The molecule has 0 aromatic carbocycles. The molecule has 0 spiro atoms. The number of carbonyl (C=O) groups is 1. The lowest BCUT2D eigenvalue weighted by Crippen LogP contribution is -2.56. The van der Waals surface area contributed by atoms with Gasteiger partial charge >= 0.3 is 5.63 Å². The Hall–Kier alpha value is -2.00. The van der Waals surface area contributed by atoms with Crippen molar-refractivity contribution in [1.29, 1.82) is 0 Å². The van der Waals surface area contributed by atoms with Crippen LogP contribution in [0.15, 0.2) is 26.5 Å². The number of hydrogen-bond donors (Lipinski definition) is 3. The van der Waals surface area contributed by atoms with E-state index in [1.54, 1.807) is 13.0 Å². The van der Waals surface area contributed by atoms with Crippen molar-refractivity contribution >= 4 is 23.4 Å². The molecule has 1 aromatic heterocycles. The smallest absolute Gasteiger partial charge is 0.339 e. The molecule has 29 heavy (non-hydrogen) atoms. The lowest BCUT2D eigenvalue weighted by atomic mass is 10.0. The van der Waals surface area contributed by atoms with Gasteiger partial charge in [-0.15, -0.1) is 11.8 Å². The summed E-state index contributed by atoms with van der Waals surface area (Å²) in [5.74, 6) is 1.79. The van der Waals surface area contributed by atoms with E-state index >= 15 is 0 Å². The quantitative estimate of drug-likeness (QED) is 0.318. The average molecular weight is 424 g/mol. The van der Waals surface area contributed by atoms with Gasteiger partial charge in [0, 0.05) is 11.8 Å². The van der Waals surface area contributed by atoms with E-state index in [2.05, 4.69) is 15.8 Å². The van der Waals surface area contributed by atoms with Crippen molar-refractivity contribution in [2.75, 3.05) is 12.4 Å². The molecular formula is C20H29N3O5S. The van der Waals surface area contributed by atoms with Crippen LogP contribution in [0.2, 0.25) is 0 Å². The number of thioether (sulfide) groups is 1. The molecule has 1 saturated heterocycles.